The van der Waals surface area contributed by atoms with E-state index in [2.05, 4.69) is 38.1 Å². The Labute approximate surface area is 150 Å². The highest BCUT2D eigenvalue weighted by Crippen LogP contribution is 2.25. The topological polar surface area (TPSA) is 51.6 Å². The van der Waals surface area contributed by atoms with Crippen molar-refractivity contribution in [3.8, 4) is 22.4 Å². The van der Waals surface area contributed by atoms with E-state index < -0.39 is 0 Å². The quantitative estimate of drug-likeness (QED) is 0.460. The van der Waals surface area contributed by atoms with Crippen LogP contribution >= 0.6 is 0 Å². The molecular formula is C22H14N4. The molecule has 0 saturated heterocycles. The molecule has 0 amide bonds. The Bertz CT molecular complexity index is 1230. The molecule has 3 aromatic heterocycles. The van der Waals surface area contributed by atoms with Gasteiger partial charge in [-0.3, -0.25) is 9.97 Å². The summed E-state index contributed by atoms with van der Waals surface area (Å²) in [4.78, 5) is 18.1. The van der Waals surface area contributed by atoms with E-state index >= 15 is 0 Å². The molecule has 4 heteroatoms. The fourth-order valence-corrected chi connectivity index (χ4v) is 3.06. The first-order valence-corrected chi connectivity index (χ1v) is 8.40. The van der Waals surface area contributed by atoms with Gasteiger partial charge in [-0.25, -0.2) is 9.97 Å². The molecule has 0 N–H and O–H groups in total. The highest BCUT2D eigenvalue weighted by Gasteiger charge is 2.06. The molecule has 0 saturated carbocycles. The fraction of sp³-hybridized carbons (Fsp3) is 0. The zero-order valence-electron chi connectivity index (χ0n) is 13.9. The Morgan fingerprint density at radius 1 is 0.577 bits per heavy atom. The minimum Gasteiger partial charge on any atom is -0.256 e. The molecule has 2 aromatic carbocycles. The molecule has 3 heterocycles. The lowest BCUT2D eigenvalue weighted by Crippen LogP contribution is -1.92. The van der Waals surface area contributed by atoms with Crippen LogP contribution in [-0.2, 0) is 0 Å². The SMILES string of the molecule is c1ccc(-c2cnc3cc(-c4ccc5ncccc5c4)cnc3n2)cc1. The van der Waals surface area contributed by atoms with Crippen molar-refractivity contribution in [3.63, 3.8) is 0 Å². The van der Waals surface area contributed by atoms with Gasteiger partial charge in [-0.2, -0.15) is 0 Å². The van der Waals surface area contributed by atoms with Crippen LogP contribution in [0, 0.1) is 0 Å². The number of hydrogen-bond donors (Lipinski definition) is 0. The van der Waals surface area contributed by atoms with Crippen molar-refractivity contribution in [2.45, 2.75) is 0 Å². The maximum Gasteiger partial charge on any atom is 0.178 e. The van der Waals surface area contributed by atoms with Gasteiger partial charge in [0.15, 0.2) is 5.65 Å². The summed E-state index contributed by atoms with van der Waals surface area (Å²) >= 11 is 0. The maximum absolute atomic E-state index is 4.65. The van der Waals surface area contributed by atoms with Crippen molar-refractivity contribution >= 4 is 22.1 Å². The first kappa shape index (κ1) is 14.7. The number of fused-ring (bicyclic) bond motifs is 2. The standard InChI is InChI=1S/C22H14N4/c1-2-5-15(6-3-1)21-14-24-20-12-18(13-25-22(20)26-21)16-8-9-19-17(11-16)7-4-10-23-19/h1-14H. The Kier molecular flexibility index (Phi) is 3.39. The Balaban J connectivity index is 1.59. The summed E-state index contributed by atoms with van der Waals surface area (Å²) in [6.07, 6.45) is 5.45. The minimum atomic E-state index is 0.651. The lowest BCUT2D eigenvalue weighted by atomic mass is 10.0. The number of rotatable bonds is 2. The summed E-state index contributed by atoms with van der Waals surface area (Å²) < 4.78 is 0. The summed E-state index contributed by atoms with van der Waals surface area (Å²) in [6.45, 7) is 0. The van der Waals surface area contributed by atoms with Gasteiger partial charge in [0.2, 0.25) is 0 Å². The van der Waals surface area contributed by atoms with Crippen molar-refractivity contribution in [1.29, 1.82) is 0 Å². The summed E-state index contributed by atoms with van der Waals surface area (Å²) in [5.74, 6) is 0. The van der Waals surface area contributed by atoms with E-state index in [-0.39, 0.29) is 0 Å². The van der Waals surface area contributed by atoms with Crippen LogP contribution in [0.5, 0.6) is 0 Å². The molecule has 0 fully saturated rings. The van der Waals surface area contributed by atoms with Crippen molar-refractivity contribution in [3.05, 3.63) is 85.3 Å². The number of nitrogens with zero attached hydrogens (tertiary/aromatic N) is 4. The van der Waals surface area contributed by atoms with E-state index in [0.717, 1.165) is 38.8 Å². The third kappa shape index (κ3) is 2.58. The zero-order chi connectivity index (χ0) is 17.3. The van der Waals surface area contributed by atoms with Crippen molar-refractivity contribution < 1.29 is 0 Å². The van der Waals surface area contributed by atoms with Crippen LogP contribution in [0.1, 0.15) is 0 Å². The van der Waals surface area contributed by atoms with Gasteiger partial charge >= 0.3 is 0 Å². The molecule has 0 unspecified atom stereocenters. The fourth-order valence-electron chi connectivity index (χ4n) is 3.06. The summed E-state index contributed by atoms with van der Waals surface area (Å²) in [6, 6.07) is 22.3. The van der Waals surface area contributed by atoms with Crippen LogP contribution in [0.3, 0.4) is 0 Å². The minimum absolute atomic E-state index is 0.651. The van der Waals surface area contributed by atoms with Crippen LogP contribution in [0.4, 0.5) is 0 Å². The van der Waals surface area contributed by atoms with Gasteiger partial charge in [-0.05, 0) is 29.8 Å². The molecule has 5 rings (SSSR count). The molecule has 0 bridgehead atoms. The molecule has 0 aliphatic carbocycles. The summed E-state index contributed by atoms with van der Waals surface area (Å²) in [5, 5.41) is 1.11. The normalized spacial score (nSPS) is 11.1. The van der Waals surface area contributed by atoms with Gasteiger partial charge in [0.1, 0.15) is 5.52 Å². The van der Waals surface area contributed by atoms with Gasteiger partial charge < -0.3 is 0 Å². The third-order valence-electron chi connectivity index (χ3n) is 4.41. The van der Waals surface area contributed by atoms with E-state index in [1.807, 2.05) is 54.7 Å². The van der Waals surface area contributed by atoms with Crippen LogP contribution in [0.15, 0.2) is 85.3 Å². The maximum atomic E-state index is 4.65. The average molecular weight is 334 g/mol. The number of hydrogen-bond acceptors (Lipinski definition) is 4. The predicted octanol–water partition coefficient (Wildman–Crippen LogP) is 4.91. The summed E-state index contributed by atoms with van der Waals surface area (Å²) in [7, 11) is 0. The molecule has 0 aliphatic rings. The first-order chi connectivity index (χ1) is 12.9. The van der Waals surface area contributed by atoms with Crippen molar-refractivity contribution in [1.82, 2.24) is 19.9 Å². The van der Waals surface area contributed by atoms with E-state index in [9.17, 15) is 0 Å². The molecule has 5 aromatic rings. The van der Waals surface area contributed by atoms with E-state index in [4.69, 9.17) is 0 Å². The predicted molar refractivity (Wildman–Crippen MR) is 104 cm³/mol. The zero-order valence-corrected chi connectivity index (χ0v) is 13.9. The van der Waals surface area contributed by atoms with Crippen molar-refractivity contribution in [2.75, 3.05) is 0 Å². The van der Waals surface area contributed by atoms with Gasteiger partial charge in [0.05, 0.1) is 17.4 Å². The Hall–Kier alpha value is -3.66. The second kappa shape index (κ2) is 6.01. The Morgan fingerprint density at radius 3 is 2.42 bits per heavy atom. The molecule has 4 nitrogen and oxygen atoms in total. The average Bonchev–Trinajstić information content (AvgIpc) is 2.73. The third-order valence-corrected chi connectivity index (χ3v) is 4.41. The molecule has 0 radical (unpaired) electrons. The van der Waals surface area contributed by atoms with Crippen LogP contribution in [0.2, 0.25) is 0 Å². The van der Waals surface area contributed by atoms with E-state index in [0.29, 0.717) is 5.65 Å². The lowest BCUT2D eigenvalue weighted by Gasteiger charge is -2.06. The molecule has 0 spiro atoms. The molecule has 0 aliphatic heterocycles. The highest BCUT2D eigenvalue weighted by atomic mass is 14.9. The van der Waals surface area contributed by atoms with Gasteiger partial charge in [0, 0.05) is 28.9 Å². The van der Waals surface area contributed by atoms with Crippen molar-refractivity contribution in [2.24, 2.45) is 0 Å². The first-order valence-electron chi connectivity index (χ1n) is 8.40. The van der Waals surface area contributed by atoms with Gasteiger partial charge in [0.25, 0.3) is 0 Å². The smallest absolute Gasteiger partial charge is 0.178 e. The molecule has 122 valence electrons. The number of pyridine rings is 2. The second-order valence-corrected chi connectivity index (χ2v) is 6.10. The highest BCUT2D eigenvalue weighted by molar-refractivity contribution is 5.86. The Morgan fingerprint density at radius 2 is 1.50 bits per heavy atom. The second-order valence-electron chi connectivity index (χ2n) is 6.10. The molecule has 26 heavy (non-hydrogen) atoms. The largest absolute Gasteiger partial charge is 0.256 e. The number of aromatic nitrogens is 4. The van der Waals surface area contributed by atoms with E-state index in [1.54, 1.807) is 12.4 Å². The summed E-state index contributed by atoms with van der Waals surface area (Å²) in [5.41, 5.74) is 6.40. The molecule has 0 atom stereocenters. The number of benzene rings is 2. The lowest BCUT2D eigenvalue weighted by molar-refractivity contribution is 1.23. The molecular weight excluding hydrogens is 320 g/mol. The van der Waals surface area contributed by atoms with Gasteiger partial charge in [-0.1, -0.05) is 42.5 Å². The van der Waals surface area contributed by atoms with Gasteiger partial charge in [-0.15, -0.1) is 0 Å². The monoisotopic (exact) mass is 334 g/mol. The van der Waals surface area contributed by atoms with Crippen LogP contribution in [-0.4, -0.2) is 19.9 Å². The van der Waals surface area contributed by atoms with Crippen LogP contribution in [0.25, 0.3) is 44.5 Å². The van der Waals surface area contributed by atoms with Crippen LogP contribution < -0.4 is 0 Å². The van der Waals surface area contributed by atoms with E-state index in [1.165, 1.54) is 0 Å².